The van der Waals surface area contributed by atoms with Gasteiger partial charge in [0, 0.05) is 36.7 Å². The SMILES string of the molecule is CCc1cnc(CNC(=NC)NC2CC(C)(OC)C2(C)C)s1. The average molecular weight is 324 g/mol. The van der Waals surface area contributed by atoms with Crippen molar-refractivity contribution in [3.05, 3.63) is 16.1 Å². The molecule has 1 aromatic rings. The van der Waals surface area contributed by atoms with Gasteiger partial charge in [0.1, 0.15) is 5.01 Å². The second-order valence-corrected chi connectivity index (χ2v) is 7.76. The standard InChI is InChI=1S/C16H28N4OS/c1-7-11-9-18-13(22-11)10-19-14(17-5)20-12-8-16(4,21-6)15(12,2)3/h9,12H,7-8,10H2,1-6H3,(H2,17,19,20). The van der Waals surface area contributed by atoms with E-state index in [1.54, 1.807) is 25.5 Å². The number of hydrogen-bond acceptors (Lipinski definition) is 4. The van der Waals surface area contributed by atoms with Gasteiger partial charge in [-0.1, -0.05) is 20.8 Å². The molecule has 1 aliphatic rings. The molecule has 1 heterocycles. The fourth-order valence-electron chi connectivity index (χ4n) is 2.84. The van der Waals surface area contributed by atoms with Crippen molar-refractivity contribution in [3.8, 4) is 0 Å². The number of hydrogen-bond donors (Lipinski definition) is 2. The van der Waals surface area contributed by atoms with Crippen LogP contribution < -0.4 is 10.6 Å². The van der Waals surface area contributed by atoms with E-state index in [9.17, 15) is 0 Å². The summed E-state index contributed by atoms with van der Waals surface area (Å²) in [7, 11) is 3.59. The highest BCUT2D eigenvalue weighted by Gasteiger charge is 2.58. The molecule has 5 nitrogen and oxygen atoms in total. The molecule has 124 valence electrons. The first kappa shape index (κ1) is 17.2. The van der Waals surface area contributed by atoms with Crippen LogP contribution in [0.25, 0.3) is 0 Å². The van der Waals surface area contributed by atoms with Crippen LogP contribution >= 0.6 is 11.3 Å². The molecule has 0 saturated heterocycles. The largest absolute Gasteiger partial charge is 0.378 e. The minimum atomic E-state index is -0.0746. The minimum Gasteiger partial charge on any atom is -0.378 e. The number of ether oxygens (including phenoxy) is 1. The van der Waals surface area contributed by atoms with Crippen LogP contribution in [0, 0.1) is 5.41 Å². The highest BCUT2D eigenvalue weighted by Crippen LogP contribution is 2.51. The van der Waals surface area contributed by atoms with Gasteiger partial charge < -0.3 is 15.4 Å². The van der Waals surface area contributed by atoms with Gasteiger partial charge in [-0.3, -0.25) is 4.99 Å². The maximum atomic E-state index is 5.67. The van der Waals surface area contributed by atoms with Gasteiger partial charge in [0.25, 0.3) is 0 Å². The molecule has 0 aromatic carbocycles. The summed E-state index contributed by atoms with van der Waals surface area (Å²) in [6.07, 6.45) is 3.97. The normalized spacial score (nSPS) is 27.4. The zero-order chi connectivity index (χ0) is 16.4. The Morgan fingerprint density at radius 1 is 1.50 bits per heavy atom. The van der Waals surface area contributed by atoms with Crippen LogP contribution in [0.4, 0.5) is 0 Å². The first-order valence-electron chi connectivity index (χ1n) is 7.82. The van der Waals surface area contributed by atoms with Crippen LogP contribution in [-0.2, 0) is 17.7 Å². The Bertz CT molecular complexity index is 540. The van der Waals surface area contributed by atoms with E-state index in [2.05, 4.69) is 48.3 Å². The first-order valence-corrected chi connectivity index (χ1v) is 8.64. The molecule has 2 atom stereocenters. The topological polar surface area (TPSA) is 58.5 Å². The van der Waals surface area contributed by atoms with E-state index in [1.165, 1.54) is 4.88 Å². The Balaban J connectivity index is 1.89. The Hall–Kier alpha value is -1.14. The highest BCUT2D eigenvalue weighted by molar-refractivity contribution is 7.11. The van der Waals surface area contributed by atoms with Gasteiger partial charge in [0.15, 0.2) is 5.96 Å². The number of nitrogens with zero attached hydrogens (tertiary/aromatic N) is 2. The number of thiazole rings is 1. The third-order valence-corrected chi connectivity index (χ3v) is 6.31. The number of rotatable bonds is 5. The summed E-state index contributed by atoms with van der Waals surface area (Å²) < 4.78 is 5.67. The van der Waals surface area contributed by atoms with E-state index in [0.29, 0.717) is 12.6 Å². The zero-order valence-electron chi connectivity index (χ0n) is 14.5. The van der Waals surface area contributed by atoms with Crippen LogP contribution in [0.5, 0.6) is 0 Å². The van der Waals surface area contributed by atoms with Gasteiger partial charge >= 0.3 is 0 Å². The summed E-state index contributed by atoms with van der Waals surface area (Å²) in [4.78, 5) is 10.1. The highest BCUT2D eigenvalue weighted by atomic mass is 32.1. The molecule has 0 amide bonds. The van der Waals surface area contributed by atoms with Crippen molar-refractivity contribution in [2.24, 2.45) is 10.4 Å². The predicted octanol–water partition coefficient (Wildman–Crippen LogP) is 2.57. The van der Waals surface area contributed by atoms with Gasteiger partial charge in [-0.25, -0.2) is 4.98 Å². The van der Waals surface area contributed by atoms with Crippen LogP contribution in [0.3, 0.4) is 0 Å². The molecular formula is C16H28N4OS. The predicted molar refractivity (Wildman–Crippen MR) is 92.4 cm³/mol. The molecule has 1 aromatic heterocycles. The Morgan fingerprint density at radius 3 is 2.73 bits per heavy atom. The van der Waals surface area contributed by atoms with Crippen molar-refractivity contribution in [1.82, 2.24) is 15.6 Å². The van der Waals surface area contributed by atoms with Crippen molar-refractivity contribution in [2.45, 2.75) is 58.7 Å². The van der Waals surface area contributed by atoms with Gasteiger partial charge in [-0.2, -0.15) is 0 Å². The first-order chi connectivity index (χ1) is 10.4. The minimum absolute atomic E-state index is 0.0654. The maximum Gasteiger partial charge on any atom is 0.191 e. The van der Waals surface area contributed by atoms with Crippen LogP contribution in [0.15, 0.2) is 11.2 Å². The van der Waals surface area contributed by atoms with E-state index >= 15 is 0 Å². The van der Waals surface area contributed by atoms with E-state index in [1.807, 2.05) is 6.20 Å². The van der Waals surface area contributed by atoms with Gasteiger partial charge in [-0.15, -0.1) is 11.3 Å². The summed E-state index contributed by atoms with van der Waals surface area (Å²) in [6.45, 7) is 9.50. The lowest BCUT2D eigenvalue weighted by molar-refractivity contribution is -0.176. The third-order valence-electron chi connectivity index (χ3n) is 5.17. The second kappa shape index (κ2) is 6.54. The monoisotopic (exact) mass is 324 g/mol. The molecule has 22 heavy (non-hydrogen) atoms. The van der Waals surface area contributed by atoms with Crippen LogP contribution in [0.2, 0.25) is 0 Å². The second-order valence-electron chi connectivity index (χ2n) is 6.56. The molecule has 2 rings (SSSR count). The Kier molecular flexibility index (Phi) is 5.12. The van der Waals surface area contributed by atoms with Crippen molar-refractivity contribution in [3.63, 3.8) is 0 Å². The lowest BCUT2D eigenvalue weighted by Gasteiger charge is -2.59. The number of aryl methyl sites for hydroxylation is 1. The van der Waals surface area contributed by atoms with Crippen molar-refractivity contribution in [1.29, 1.82) is 0 Å². The fourth-order valence-corrected chi connectivity index (χ4v) is 3.64. The Morgan fingerprint density at radius 2 is 2.23 bits per heavy atom. The molecule has 6 heteroatoms. The van der Waals surface area contributed by atoms with E-state index < -0.39 is 0 Å². The van der Waals surface area contributed by atoms with Crippen LogP contribution in [0.1, 0.15) is 44.0 Å². The summed E-state index contributed by atoms with van der Waals surface area (Å²) in [5, 5.41) is 7.95. The molecule has 2 unspecified atom stereocenters. The Labute approximate surface area is 137 Å². The molecule has 1 fully saturated rings. The summed E-state index contributed by atoms with van der Waals surface area (Å²) >= 11 is 1.75. The fraction of sp³-hybridized carbons (Fsp3) is 0.750. The van der Waals surface area contributed by atoms with E-state index in [4.69, 9.17) is 4.74 Å². The number of nitrogens with one attached hydrogen (secondary N) is 2. The molecule has 1 saturated carbocycles. The van der Waals surface area contributed by atoms with Crippen molar-refractivity contribution < 1.29 is 4.74 Å². The lowest BCUT2D eigenvalue weighted by Crippen LogP contribution is -2.69. The molecular weight excluding hydrogens is 296 g/mol. The molecule has 0 bridgehead atoms. The van der Waals surface area contributed by atoms with Crippen LogP contribution in [-0.4, -0.2) is 36.7 Å². The third kappa shape index (κ3) is 3.13. The number of aliphatic imine (C=N–C) groups is 1. The summed E-state index contributed by atoms with van der Waals surface area (Å²) in [5.41, 5.74) is -0.00914. The quantitative estimate of drug-likeness (QED) is 0.645. The summed E-state index contributed by atoms with van der Waals surface area (Å²) in [6, 6.07) is 0.353. The molecule has 0 spiro atoms. The molecule has 1 aliphatic carbocycles. The maximum absolute atomic E-state index is 5.67. The van der Waals surface area contributed by atoms with Gasteiger partial charge in [-0.05, 0) is 19.8 Å². The van der Waals surface area contributed by atoms with E-state index in [0.717, 1.165) is 23.8 Å². The van der Waals surface area contributed by atoms with E-state index in [-0.39, 0.29) is 11.0 Å². The molecule has 0 aliphatic heterocycles. The smallest absolute Gasteiger partial charge is 0.191 e. The van der Waals surface area contributed by atoms with Crippen molar-refractivity contribution >= 4 is 17.3 Å². The average Bonchev–Trinajstić information content (AvgIpc) is 2.97. The number of methoxy groups -OCH3 is 1. The lowest BCUT2D eigenvalue weighted by atomic mass is 9.56. The number of aromatic nitrogens is 1. The van der Waals surface area contributed by atoms with Crippen molar-refractivity contribution in [2.75, 3.05) is 14.2 Å². The van der Waals surface area contributed by atoms with Gasteiger partial charge in [0.2, 0.25) is 0 Å². The zero-order valence-corrected chi connectivity index (χ0v) is 15.3. The molecule has 0 radical (unpaired) electrons. The number of guanidine groups is 1. The summed E-state index contributed by atoms with van der Waals surface area (Å²) in [5.74, 6) is 0.824. The van der Waals surface area contributed by atoms with Gasteiger partial charge in [0.05, 0.1) is 12.1 Å². The molecule has 2 N–H and O–H groups in total.